The molecule has 4 rings (SSSR count). The van der Waals surface area contributed by atoms with Crippen LogP contribution in [0.15, 0.2) is 36.4 Å². The van der Waals surface area contributed by atoms with Crippen LogP contribution in [0.5, 0.6) is 5.75 Å². The molecular weight excluding hydrogens is 326 g/mol. The normalized spacial score (nSPS) is 14.1. The number of benzene rings is 2. The number of carbonyl (C=O) groups is 1. The van der Waals surface area contributed by atoms with Crippen LogP contribution in [0.25, 0.3) is 22.0 Å². The predicted molar refractivity (Wildman–Crippen MR) is 90.8 cm³/mol. The molecule has 0 unspecified atom stereocenters. The minimum Gasteiger partial charge on any atom is -0.497 e. The van der Waals surface area contributed by atoms with Crippen LogP contribution in [0.3, 0.4) is 0 Å². The molecule has 1 aliphatic rings. The van der Waals surface area contributed by atoms with Gasteiger partial charge in [-0.05, 0) is 36.2 Å². The van der Waals surface area contributed by atoms with Gasteiger partial charge in [0.2, 0.25) is 0 Å². The van der Waals surface area contributed by atoms with E-state index in [4.69, 9.17) is 4.74 Å². The van der Waals surface area contributed by atoms with Crippen molar-refractivity contribution in [3.63, 3.8) is 0 Å². The first-order chi connectivity index (χ1) is 12.1. The lowest BCUT2D eigenvalue weighted by atomic mass is 10.0. The molecule has 2 heterocycles. The quantitative estimate of drug-likeness (QED) is 0.771. The Morgan fingerprint density at radius 3 is 2.64 bits per heavy atom. The molecule has 1 N–H and O–H groups in total. The lowest BCUT2D eigenvalue weighted by Gasteiger charge is -2.12. The third-order valence-corrected chi connectivity index (χ3v) is 4.53. The summed E-state index contributed by atoms with van der Waals surface area (Å²) in [5.41, 5.74) is 1.66. The van der Waals surface area contributed by atoms with E-state index in [9.17, 15) is 13.6 Å². The molecule has 0 spiro atoms. The molecule has 3 aromatic rings. The van der Waals surface area contributed by atoms with Crippen molar-refractivity contribution in [3.8, 4) is 16.9 Å². The van der Waals surface area contributed by atoms with Crippen molar-refractivity contribution < 1.29 is 18.3 Å². The molecule has 0 bridgehead atoms. The van der Waals surface area contributed by atoms with E-state index in [0.717, 1.165) is 12.5 Å². The summed E-state index contributed by atoms with van der Waals surface area (Å²) >= 11 is 0. The van der Waals surface area contributed by atoms with Crippen molar-refractivity contribution in [2.45, 2.75) is 13.0 Å². The number of methoxy groups -OCH3 is 1. The molecule has 1 aromatic heterocycles. The number of fused-ring (bicyclic) bond motifs is 3. The van der Waals surface area contributed by atoms with Gasteiger partial charge >= 0.3 is 0 Å². The van der Waals surface area contributed by atoms with Crippen molar-refractivity contribution in [1.29, 1.82) is 0 Å². The Hall–Kier alpha value is -2.89. The molecule has 128 valence electrons. The maximum Gasteiger partial charge on any atom is 0.267 e. The van der Waals surface area contributed by atoms with Crippen LogP contribution in [-0.2, 0) is 6.54 Å². The number of aryl methyl sites for hydroxylation is 1. The number of nitrogens with one attached hydrogen (secondary N) is 1. The number of hydrogen-bond acceptors (Lipinski definition) is 2. The molecule has 0 saturated heterocycles. The van der Waals surface area contributed by atoms with Crippen molar-refractivity contribution in [1.82, 2.24) is 9.88 Å². The van der Waals surface area contributed by atoms with Gasteiger partial charge in [-0.15, -0.1) is 0 Å². The predicted octanol–water partition coefficient (Wildman–Crippen LogP) is 3.73. The van der Waals surface area contributed by atoms with E-state index in [2.05, 4.69) is 5.32 Å². The number of aromatic nitrogens is 1. The maximum atomic E-state index is 14.7. The number of amides is 1. The summed E-state index contributed by atoms with van der Waals surface area (Å²) in [6, 6.07) is 9.53. The molecule has 2 aromatic carbocycles. The maximum absolute atomic E-state index is 14.7. The highest BCUT2D eigenvalue weighted by Crippen LogP contribution is 2.36. The molecule has 0 fully saturated rings. The molecular formula is C19H16F2N2O2. The van der Waals surface area contributed by atoms with Gasteiger partial charge in [-0.1, -0.05) is 12.1 Å². The molecule has 1 amide bonds. The van der Waals surface area contributed by atoms with Crippen molar-refractivity contribution in [3.05, 3.63) is 53.7 Å². The Labute approximate surface area is 143 Å². The molecule has 0 atom stereocenters. The van der Waals surface area contributed by atoms with Gasteiger partial charge in [-0.25, -0.2) is 8.78 Å². The molecule has 0 saturated carbocycles. The Bertz CT molecular complexity index is 977. The molecule has 4 nitrogen and oxygen atoms in total. The van der Waals surface area contributed by atoms with E-state index in [1.807, 2.05) is 0 Å². The number of rotatable bonds is 2. The van der Waals surface area contributed by atoms with Crippen LogP contribution in [0.1, 0.15) is 16.9 Å². The van der Waals surface area contributed by atoms with Gasteiger partial charge in [0.15, 0.2) is 11.6 Å². The minimum atomic E-state index is -0.931. The number of nitrogens with zero attached hydrogens (tertiary/aromatic N) is 1. The van der Waals surface area contributed by atoms with Crippen molar-refractivity contribution in [2.24, 2.45) is 0 Å². The van der Waals surface area contributed by atoms with Crippen LogP contribution in [0, 0.1) is 11.6 Å². The fourth-order valence-electron chi connectivity index (χ4n) is 3.35. The van der Waals surface area contributed by atoms with E-state index in [1.54, 1.807) is 42.0 Å². The summed E-state index contributed by atoms with van der Waals surface area (Å²) in [5, 5.41) is 3.31. The third-order valence-electron chi connectivity index (χ3n) is 4.53. The van der Waals surface area contributed by atoms with Crippen LogP contribution in [0.2, 0.25) is 0 Å². The molecule has 6 heteroatoms. The molecule has 1 aliphatic heterocycles. The summed E-state index contributed by atoms with van der Waals surface area (Å²) in [4.78, 5) is 12.2. The molecule has 0 radical (unpaired) electrons. The highest BCUT2D eigenvalue weighted by atomic mass is 19.2. The van der Waals surface area contributed by atoms with Gasteiger partial charge in [0.05, 0.1) is 12.6 Å². The summed E-state index contributed by atoms with van der Waals surface area (Å²) in [7, 11) is 1.54. The summed E-state index contributed by atoms with van der Waals surface area (Å²) in [5.74, 6) is -1.44. The Morgan fingerprint density at radius 1 is 1.16 bits per heavy atom. The summed E-state index contributed by atoms with van der Waals surface area (Å²) in [6.07, 6.45) is 0.726. The topological polar surface area (TPSA) is 43.3 Å². The second-order valence-corrected chi connectivity index (χ2v) is 6.00. The largest absolute Gasteiger partial charge is 0.497 e. The van der Waals surface area contributed by atoms with Gasteiger partial charge in [0.25, 0.3) is 5.91 Å². The number of halogens is 2. The second kappa shape index (κ2) is 5.88. The third kappa shape index (κ3) is 2.45. The highest BCUT2D eigenvalue weighted by Gasteiger charge is 2.24. The Balaban J connectivity index is 2.04. The van der Waals surface area contributed by atoms with E-state index in [0.29, 0.717) is 41.0 Å². The van der Waals surface area contributed by atoms with Gasteiger partial charge in [0, 0.05) is 24.0 Å². The van der Waals surface area contributed by atoms with Crippen molar-refractivity contribution in [2.75, 3.05) is 13.7 Å². The van der Waals surface area contributed by atoms with Crippen molar-refractivity contribution >= 4 is 16.8 Å². The number of ether oxygens (including phenoxy) is 1. The van der Waals surface area contributed by atoms with Crippen LogP contribution in [-0.4, -0.2) is 24.1 Å². The van der Waals surface area contributed by atoms with E-state index < -0.39 is 11.6 Å². The first-order valence-electron chi connectivity index (χ1n) is 8.04. The first-order valence-corrected chi connectivity index (χ1v) is 8.04. The van der Waals surface area contributed by atoms with Gasteiger partial charge in [-0.3, -0.25) is 4.79 Å². The lowest BCUT2D eigenvalue weighted by molar-refractivity contribution is 0.0951. The van der Waals surface area contributed by atoms with Crippen LogP contribution in [0.4, 0.5) is 8.78 Å². The van der Waals surface area contributed by atoms with E-state index >= 15 is 0 Å². The number of carbonyl (C=O) groups excluding carboxylic acids is 1. The lowest BCUT2D eigenvalue weighted by Crippen LogP contribution is -2.22. The van der Waals surface area contributed by atoms with Crippen LogP contribution >= 0.6 is 0 Å². The van der Waals surface area contributed by atoms with Crippen LogP contribution < -0.4 is 10.1 Å². The van der Waals surface area contributed by atoms with Gasteiger partial charge < -0.3 is 14.6 Å². The zero-order valence-corrected chi connectivity index (χ0v) is 13.6. The summed E-state index contributed by atoms with van der Waals surface area (Å²) in [6.45, 7) is 1.12. The average molecular weight is 342 g/mol. The van der Waals surface area contributed by atoms with E-state index in [-0.39, 0.29) is 11.5 Å². The zero-order valence-electron chi connectivity index (χ0n) is 13.6. The minimum absolute atomic E-state index is 0.165. The Kier molecular flexibility index (Phi) is 3.67. The monoisotopic (exact) mass is 342 g/mol. The fraction of sp³-hybridized carbons (Fsp3) is 0.211. The molecule has 0 aliphatic carbocycles. The average Bonchev–Trinajstić information content (AvgIpc) is 2.87. The first kappa shape index (κ1) is 15.6. The smallest absolute Gasteiger partial charge is 0.267 e. The SMILES string of the molecule is COc1ccc(-c2c(F)c(F)cc3cc4n(c23)CCCNC4=O)cc1. The fourth-order valence-corrected chi connectivity index (χ4v) is 3.35. The van der Waals surface area contributed by atoms with Gasteiger partial charge in [-0.2, -0.15) is 0 Å². The number of hydrogen-bond donors (Lipinski definition) is 1. The highest BCUT2D eigenvalue weighted by molar-refractivity contribution is 6.03. The second-order valence-electron chi connectivity index (χ2n) is 6.00. The van der Waals surface area contributed by atoms with E-state index in [1.165, 1.54) is 0 Å². The Morgan fingerprint density at radius 2 is 1.92 bits per heavy atom. The zero-order chi connectivity index (χ0) is 17.6. The van der Waals surface area contributed by atoms with Gasteiger partial charge in [0.1, 0.15) is 11.4 Å². The standard InChI is InChI=1S/C19H16F2N2O2/c1-25-13-5-3-11(4-6-13)16-17(21)14(20)9-12-10-15-19(24)22-7-2-8-23(15)18(12)16/h3-6,9-10H,2,7-8H2,1H3,(H,22,24). The summed E-state index contributed by atoms with van der Waals surface area (Å²) < 4.78 is 35.8. The molecule has 25 heavy (non-hydrogen) atoms.